The summed E-state index contributed by atoms with van der Waals surface area (Å²) >= 11 is 7.50. The molecule has 0 spiro atoms. The van der Waals surface area contributed by atoms with Crippen LogP contribution in [0.25, 0.3) is 6.08 Å². The van der Waals surface area contributed by atoms with Crippen LogP contribution in [0, 0.1) is 13.8 Å². The standard InChI is InChI=1S/C25H19ClN2O3S/c1-15-3-8-19(13-16(15)2)28-24(30)22(23(29)27-25(28)31)14-17-4-9-20(10-5-17)32-21-11-6-18(26)7-12-21/h3-14H,1-2H3,(H,27,29,31)/b22-14+. The third-order valence-electron chi connectivity index (χ3n) is 5.09. The molecule has 1 fully saturated rings. The monoisotopic (exact) mass is 462 g/mol. The number of hydrogen-bond donors (Lipinski definition) is 1. The van der Waals surface area contributed by atoms with Gasteiger partial charge < -0.3 is 0 Å². The van der Waals surface area contributed by atoms with E-state index >= 15 is 0 Å². The summed E-state index contributed by atoms with van der Waals surface area (Å²) in [6, 6.07) is 19.5. The SMILES string of the molecule is Cc1ccc(N2C(=O)NC(=O)/C(=C\c3ccc(Sc4ccc(Cl)cc4)cc3)C2=O)cc1C. The molecule has 32 heavy (non-hydrogen) atoms. The molecule has 3 aromatic rings. The lowest BCUT2D eigenvalue weighted by Crippen LogP contribution is -2.54. The number of aryl methyl sites for hydroxylation is 2. The van der Waals surface area contributed by atoms with Gasteiger partial charge in [-0.05, 0) is 85.1 Å². The number of anilines is 1. The summed E-state index contributed by atoms with van der Waals surface area (Å²) in [4.78, 5) is 40.9. The number of barbiturate groups is 1. The van der Waals surface area contributed by atoms with Gasteiger partial charge in [-0.3, -0.25) is 14.9 Å². The quantitative estimate of drug-likeness (QED) is 0.394. The maximum Gasteiger partial charge on any atom is 0.335 e. The molecule has 1 heterocycles. The molecule has 0 bridgehead atoms. The molecule has 1 N–H and O–H groups in total. The summed E-state index contributed by atoms with van der Waals surface area (Å²) < 4.78 is 0. The molecule has 0 unspecified atom stereocenters. The second-order valence-corrected chi connectivity index (χ2v) is 8.93. The summed E-state index contributed by atoms with van der Waals surface area (Å²) in [5, 5.41) is 2.94. The Bertz CT molecular complexity index is 1250. The molecule has 1 saturated heterocycles. The van der Waals surface area contributed by atoms with Crippen molar-refractivity contribution in [2.24, 2.45) is 0 Å². The van der Waals surface area contributed by atoms with E-state index in [0.717, 1.165) is 25.8 Å². The van der Waals surface area contributed by atoms with Gasteiger partial charge in [0, 0.05) is 14.8 Å². The van der Waals surface area contributed by atoms with E-state index in [9.17, 15) is 14.4 Å². The highest BCUT2D eigenvalue weighted by atomic mass is 35.5. The average molecular weight is 463 g/mol. The van der Waals surface area contributed by atoms with Gasteiger partial charge in [-0.1, -0.05) is 41.6 Å². The molecule has 7 heteroatoms. The van der Waals surface area contributed by atoms with Gasteiger partial charge in [0.15, 0.2) is 0 Å². The summed E-state index contributed by atoms with van der Waals surface area (Å²) in [7, 11) is 0. The highest BCUT2D eigenvalue weighted by molar-refractivity contribution is 7.99. The molecular weight excluding hydrogens is 444 g/mol. The van der Waals surface area contributed by atoms with Crippen LogP contribution >= 0.6 is 23.4 Å². The first kappa shape index (κ1) is 21.9. The van der Waals surface area contributed by atoms with E-state index in [-0.39, 0.29) is 5.57 Å². The van der Waals surface area contributed by atoms with Crippen LogP contribution in [0.4, 0.5) is 10.5 Å². The number of urea groups is 1. The minimum absolute atomic E-state index is 0.0964. The van der Waals surface area contributed by atoms with Crippen LogP contribution in [0.5, 0.6) is 0 Å². The summed E-state index contributed by atoms with van der Waals surface area (Å²) in [5.41, 5.74) is 2.99. The molecular formula is C25H19ClN2O3S. The van der Waals surface area contributed by atoms with Crippen LogP contribution in [0.3, 0.4) is 0 Å². The van der Waals surface area contributed by atoms with Crippen molar-refractivity contribution in [1.29, 1.82) is 0 Å². The topological polar surface area (TPSA) is 66.5 Å². The highest BCUT2D eigenvalue weighted by Crippen LogP contribution is 2.29. The smallest absolute Gasteiger partial charge is 0.273 e. The van der Waals surface area contributed by atoms with Crippen molar-refractivity contribution in [2.75, 3.05) is 4.90 Å². The third-order valence-corrected chi connectivity index (χ3v) is 6.36. The van der Waals surface area contributed by atoms with E-state index in [2.05, 4.69) is 5.32 Å². The fraction of sp³-hybridized carbons (Fsp3) is 0.0800. The van der Waals surface area contributed by atoms with Crippen molar-refractivity contribution in [2.45, 2.75) is 23.6 Å². The minimum Gasteiger partial charge on any atom is -0.273 e. The first-order valence-corrected chi connectivity index (χ1v) is 11.0. The maximum atomic E-state index is 13.0. The van der Waals surface area contributed by atoms with Crippen molar-refractivity contribution in [3.8, 4) is 0 Å². The van der Waals surface area contributed by atoms with E-state index in [4.69, 9.17) is 11.6 Å². The van der Waals surface area contributed by atoms with Gasteiger partial charge in [0.25, 0.3) is 11.8 Å². The zero-order valence-electron chi connectivity index (χ0n) is 17.4. The van der Waals surface area contributed by atoms with Gasteiger partial charge in [-0.25, -0.2) is 9.69 Å². The number of nitrogens with one attached hydrogen (secondary N) is 1. The Morgan fingerprint density at radius 1 is 0.844 bits per heavy atom. The Kier molecular flexibility index (Phi) is 6.17. The van der Waals surface area contributed by atoms with Gasteiger partial charge in [-0.2, -0.15) is 0 Å². The zero-order chi connectivity index (χ0) is 22.8. The number of amides is 4. The van der Waals surface area contributed by atoms with Crippen LogP contribution in [-0.4, -0.2) is 17.8 Å². The fourth-order valence-electron chi connectivity index (χ4n) is 3.19. The van der Waals surface area contributed by atoms with Crippen LogP contribution in [-0.2, 0) is 9.59 Å². The van der Waals surface area contributed by atoms with Crippen molar-refractivity contribution in [1.82, 2.24) is 5.32 Å². The molecule has 4 amide bonds. The molecule has 160 valence electrons. The molecule has 5 nitrogen and oxygen atoms in total. The van der Waals surface area contributed by atoms with Gasteiger partial charge in [-0.15, -0.1) is 0 Å². The van der Waals surface area contributed by atoms with Crippen LogP contribution in [0.2, 0.25) is 5.02 Å². The van der Waals surface area contributed by atoms with E-state index < -0.39 is 17.8 Å². The van der Waals surface area contributed by atoms with E-state index in [1.165, 1.54) is 6.08 Å². The Morgan fingerprint density at radius 3 is 2.09 bits per heavy atom. The number of rotatable bonds is 4. The molecule has 3 aromatic carbocycles. The largest absolute Gasteiger partial charge is 0.335 e. The first-order chi connectivity index (χ1) is 15.3. The second kappa shape index (κ2) is 9.02. The predicted molar refractivity (Wildman–Crippen MR) is 127 cm³/mol. The van der Waals surface area contributed by atoms with Gasteiger partial charge >= 0.3 is 6.03 Å². The third kappa shape index (κ3) is 4.61. The Balaban J connectivity index is 1.58. The molecule has 1 aliphatic heterocycles. The van der Waals surface area contributed by atoms with Gasteiger partial charge in [0.2, 0.25) is 0 Å². The zero-order valence-corrected chi connectivity index (χ0v) is 19.0. The highest BCUT2D eigenvalue weighted by Gasteiger charge is 2.36. The van der Waals surface area contributed by atoms with Gasteiger partial charge in [0.05, 0.1) is 5.69 Å². The van der Waals surface area contributed by atoms with Crippen molar-refractivity contribution in [3.63, 3.8) is 0 Å². The molecule has 0 aromatic heterocycles. The second-order valence-electron chi connectivity index (χ2n) is 7.35. The number of nitrogens with zero attached hydrogens (tertiary/aromatic N) is 1. The average Bonchev–Trinajstić information content (AvgIpc) is 2.76. The number of halogens is 1. The Labute approximate surface area is 195 Å². The van der Waals surface area contributed by atoms with E-state index in [0.29, 0.717) is 16.3 Å². The Morgan fingerprint density at radius 2 is 1.47 bits per heavy atom. The lowest BCUT2D eigenvalue weighted by molar-refractivity contribution is -0.122. The van der Waals surface area contributed by atoms with Crippen molar-refractivity contribution < 1.29 is 14.4 Å². The molecule has 0 atom stereocenters. The van der Waals surface area contributed by atoms with Crippen molar-refractivity contribution in [3.05, 3.63) is 94.0 Å². The lowest BCUT2D eigenvalue weighted by atomic mass is 10.1. The number of benzene rings is 3. The minimum atomic E-state index is -0.755. The van der Waals surface area contributed by atoms with Gasteiger partial charge in [0.1, 0.15) is 5.57 Å². The number of imide groups is 2. The summed E-state index contributed by atoms with van der Waals surface area (Å²) in [5.74, 6) is -1.36. The predicted octanol–water partition coefficient (Wildman–Crippen LogP) is 5.77. The molecule has 0 aliphatic carbocycles. The molecule has 0 saturated carbocycles. The van der Waals surface area contributed by atoms with E-state index in [1.807, 2.05) is 68.4 Å². The number of carbonyl (C=O) groups excluding carboxylic acids is 3. The number of hydrogen-bond acceptors (Lipinski definition) is 4. The normalized spacial score (nSPS) is 15.3. The molecule has 4 rings (SSSR count). The van der Waals surface area contributed by atoms with Crippen LogP contribution < -0.4 is 10.2 Å². The van der Waals surface area contributed by atoms with Crippen LogP contribution in [0.15, 0.2) is 82.1 Å². The summed E-state index contributed by atoms with van der Waals surface area (Å²) in [6.45, 7) is 3.84. The first-order valence-electron chi connectivity index (χ1n) is 9.84. The lowest BCUT2D eigenvalue weighted by Gasteiger charge is -2.26. The fourth-order valence-corrected chi connectivity index (χ4v) is 4.14. The molecule has 0 radical (unpaired) electrons. The van der Waals surface area contributed by atoms with Crippen LogP contribution in [0.1, 0.15) is 16.7 Å². The number of carbonyl (C=O) groups is 3. The summed E-state index contributed by atoms with van der Waals surface area (Å²) in [6.07, 6.45) is 1.49. The Hall–Kier alpha value is -3.35. The molecule has 1 aliphatic rings. The van der Waals surface area contributed by atoms with Crippen molar-refractivity contribution >= 4 is 53.0 Å². The maximum absolute atomic E-state index is 13.0. The van der Waals surface area contributed by atoms with E-state index in [1.54, 1.807) is 23.9 Å².